The Labute approximate surface area is 86.6 Å². The van der Waals surface area contributed by atoms with Crippen LogP contribution in [0, 0.1) is 5.92 Å². The summed E-state index contributed by atoms with van der Waals surface area (Å²) in [7, 11) is 0. The van der Waals surface area contributed by atoms with E-state index >= 15 is 0 Å². The molecular formula is C11H22N2O. The Bertz CT molecular complexity index is 192. The number of carbonyl (C=O) groups excluding carboxylic acids is 1. The lowest BCUT2D eigenvalue weighted by molar-refractivity contribution is -0.131. The number of likely N-dealkylation sites (tertiary alicyclic amines) is 1. The van der Waals surface area contributed by atoms with Crippen molar-refractivity contribution in [2.45, 2.75) is 45.6 Å². The van der Waals surface area contributed by atoms with E-state index in [1.165, 1.54) is 6.42 Å². The minimum Gasteiger partial charge on any atom is -0.341 e. The SMILES string of the molecule is CC(C)C(N)CN1CCCCCC1=O. The van der Waals surface area contributed by atoms with Crippen molar-refractivity contribution < 1.29 is 4.79 Å². The number of carbonyl (C=O) groups is 1. The molecule has 3 heteroatoms. The Morgan fingerprint density at radius 3 is 2.71 bits per heavy atom. The molecule has 0 aromatic carbocycles. The van der Waals surface area contributed by atoms with Gasteiger partial charge in [-0.05, 0) is 18.8 Å². The van der Waals surface area contributed by atoms with Gasteiger partial charge in [0.15, 0.2) is 0 Å². The van der Waals surface area contributed by atoms with Gasteiger partial charge in [-0.3, -0.25) is 4.79 Å². The van der Waals surface area contributed by atoms with Gasteiger partial charge in [-0.25, -0.2) is 0 Å². The van der Waals surface area contributed by atoms with Gasteiger partial charge in [0, 0.05) is 25.6 Å². The van der Waals surface area contributed by atoms with Gasteiger partial charge in [0.2, 0.25) is 5.91 Å². The topological polar surface area (TPSA) is 46.3 Å². The summed E-state index contributed by atoms with van der Waals surface area (Å²) in [6.45, 7) is 5.84. The first kappa shape index (κ1) is 11.5. The standard InChI is InChI=1S/C11H22N2O/c1-9(2)10(12)8-13-7-5-3-4-6-11(13)14/h9-10H,3-8,12H2,1-2H3. The van der Waals surface area contributed by atoms with Gasteiger partial charge in [-0.15, -0.1) is 0 Å². The molecule has 3 nitrogen and oxygen atoms in total. The molecule has 1 fully saturated rings. The summed E-state index contributed by atoms with van der Waals surface area (Å²) in [6, 6.07) is 0.122. The maximum absolute atomic E-state index is 11.6. The van der Waals surface area contributed by atoms with Crippen molar-refractivity contribution in [1.82, 2.24) is 4.90 Å². The molecule has 1 rings (SSSR count). The predicted octanol–water partition coefficient (Wildman–Crippen LogP) is 1.37. The Kier molecular flexibility index (Phi) is 4.39. The number of nitrogens with two attached hydrogens (primary N) is 1. The van der Waals surface area contributed by atoms with Crippen molar-refractivity contribution in [2.75, 3.05) is 13.1 Å². The molecule has 1 unspecified atom stereocenters. The highest BCUT2D eigenvalue weighted by Gasteiger charge is 2.19. The molecule has 82 valence electrons. The molecule has 0 bridgehead atoms. The van der Waals surface area contributed by atoms with E-state index in [0.717, 1.165) is 25.9 Å². The largest absolute Gasteiger partial charge is 0.341 e. The number of nitrogens with zero attached hydrogens (tertiary/aromatic N) is 1. The van der Waals surface area contributed by atoms with Gasteiger partial charge >= 0.3 is 0 Å². The van der Waals surface area contributed by atoms with Crippen molar-refractivity contribution in [3.05, 3.63) is 0 Å². The summed E-state index contributed by atoms with van der Waals surface area (Å²) in [5, 5.41) is 0. The third kappa shape index (κ3) is 3.29. The molecule has 1 aliphatic rings. The van der Waals surface area contributed by atoms with Crippen LogP contribution in [0.4, 0.5) is 0 Å². The average molecular weight is 198 g/mol. The van der Waals surface area contributed by atoms with Crippen molar-refractivity contribution in [1.29, 1.82) is 0 Å². The van der Waals surface area contributed by atoms with E-state index in [0.29, 0.717) is 18.2 Å². The number of amides is 1. The highest BCUT2D eigenvalue weighted by Crippen LogP contribution is 2.12. The minimum atomic E-state index is 0.122. The summed E-state index contributed by atoms with van der Waals surface area (Å²) < 4.78 is 0. The van der Waals surface area contributed by atoms with E-state index in [4.69, 9.17) is 5.73 Å². The molecule has 1 heterocycles. The molecular weight excluding hydrogens is 176 g/mol. The van der Waals surface area contributed by atoms with Crippen LogP contribution in [-0.4, -0.2) is 29.9 Å². The fraction of sp³-hybridized carbons (Fsp3) is 0.909. The highest BCUT2D eigenvalue weighted by atomic mass is 16.2. The van der Waals surface area contributed by atoms with Crippen LogP contribution in [0.3, 0.4) is 0 Å². The fourth-order valence-corrected chi connectivity index (χ4v) is 1.70. The van der Waals surface area contributed by atoms with Crippen LogP contribution >= 0.6 is 0 Å². The van der Waals surface area contributed by atoms with Crippen LogP contribution in [0.15, 0.2) is 0 Å². The lowest BCUT2D eigenvalue weighted by Crippen LogP contribution is -2.43. The second-order valence-electron chi connectivity index (χ2n) is 4.56. The van der Waals surface area contributed by atoms with Crippen molar-refractivity contribution in [3.8, 4) is 0 Å². The summed E-state index contributed by atoms with van der Waals surface area (Å²) in [5.41, 5.74) is 5.97. The minimum absolute atomic E-state index is 0.122. The average Bonchev–Trinajstić information content (AvgIpc) is 2.32. The van der Waals surface area contributed by atoms with Crippen LogP contribution in [0.5, 0.6) is 0 Å². The van der Waals surface area contributed by atoms with Gasteiger partial charge in [-0.1, -0.05) is 20.3 Å². The predicted molar refractivity (Wildman–Crippen MR) is 57.9 cm³/mol. The first-order chi connectivity index (χ1) is 6.61. The van der Waals surface area contributed by atoms with Crippen LogP contribution < -0.4 is 5.73 Å². The molecule has 0 saturated carbocycles. The molecule has 0 aliphatic carbocycles. The summed E-state index contributed by atoms with van der Waals surface area (Å²) in [4.78, 5) is 13.6. The van der Waals surface area contributed by atoms with Crippen LogP contribution in [0.25, 0.3) is 0 Å². The maximum atomic E-state index is 11.6. The Morgan fingerprint density at radius 1 is 1.36 bits per heavy atom. The molecule has 1 amide bonds. The molecule has 1 saturated heterocycles. The molecule has 0 aromatic rings. The van der Waals surface area contributed by atoms with Crippen molar-refractivity contribution in [3.63, 3.8) is 0 Å². The van der Waals surface area contributed by atoms with E-state index in [9.17, 15) is 4.79 Å². The monoisotopic (exact) mass is 198 g/mol. The Morgan fingerprint density at radius 2 is 2.07 bits per heavy atom. The second kappa shape index (κ2) is 5.35. The molecule has 1 aliphatic heterocycles. The maximum Gasteiger partial charge on any atom is 0.222 e. The van der Waals surface area contributed by atoms with Gasteiger partial charge < -0.3 is 10.6 Å². The Balaban J connectivity index is 2.44. The first-order valence-electron chi connectivity index (χ1n) is 5.64. The summed E-state index contributed by atoms with van der Waals surface area (Å²) in [6.07, 6.45) is 4.08. The molecule has 0 aromatic heterocycles. The highest BCUT2D eigenvalue weighted by molar-refractivity contribution is 5.76. The van der Waals surface area contributed by atoms with Crippen molar-refractivity contribution in [2.24, 2.45) is 11.7 Å². The second-order valence-corrected chi connectivity index (χ2v) is 4.56. The van der Waals surface area contributed by atoms with E-state index in [1.54, 1.807) is 0 Å². The smallest absolute Gasteiger partial charge is 0.222 e. The van der Waals surface area contributed by atoms with Crippen LogP contribution in [0.1, 0.15) is 39.5 Å². The van der Waals surface area contributed by atoms with Crippen LogP contribution in [-0.2, 0) is 4.79 Å². The molecule has 2 N–H and O–H groups in total. The first-order valence-corrected chi connectivity index (χ1v) is 5.64. The van der Waals surface area contributed by atoms with E-state index < -0.39 is 0 Å². The molecule has 0 radical (unpaired) electrons. The van der Waals surface area contributed by atoms with E-state index in [-0.39, 0.29) is 6.04 Å². The zero-order valence-corrected chi connectivity index (χ0v) is 9.33. The quantitative estimate of drug-likeness (QED) is 0.744. The zero-order valence-electron chi connectivity index (χ0n) is 9.33. The number of hydrogen-bond donors (Lipinski definition) is 1. The summed E-state index contributed by atoms with van der Waals surface area (Å²) in [5.74, 6) is 0.740. The normalized spacial score (nSPS) is 21.1. The van der Waals surface area contributed by atoms with E-state index in [2.05, 4.69) is 13.8 Å². The third-order valence-corrected chi connectivity index (χ3v) is 2.96. The number of hydrogen-bond acceptors (Lipinski definition) is 2. The van der Waals surface area contributed by atoms with Crippen molar-refractivity contribution >= 4 is 5.91 Å². The lowest BCUT2D eigenvalue weighted by Gasteiger charge is -2.26. The van der Waals surface area contributed by atoms with Gasteiger partial charge in [0.1, 0.15) is 0 Å². The fourth-order valence-electron chi connectivity index (χ4n) is 1.70. The number of rotatable bonds is 3. The van der Waals surface area contributed by atoms with Crippen LogP contribution in [0.2, 0.25) is 0 Å². The molecule has 0 spiro atoms. The molecule has 14 heavy (non-hydrogen) atoms. The Hall–Kier alpha value is -0.570. The van der Waals surface area contributed by atoms with Gasteiger partial charge in [0.05, 0.1) is 0 Å². The molecule has 1 atom stereocenters. The zero-order chi connectivity index (χ0) is 10.6. The summed E-state index contributed by atoms with van der Waals surface area (Å²) >= 11 is 0. The third-order valence-electron chi connectivity index (χ3n) is 2.96. The lowest BCUT2D eigenvalue weighted by atomic mass is 10.1. The van der Waals surface area contributed by atoms with E-state index in [1.807, 2.05) is 4.90 Å². The van der Waals surface area contributed by atoms with Gasteiger partial charge in [-0.2, -0.15) is 0 Å². The van der Waals surface area contributed by atoms with Gasteiger partial charge in [0.25, 0.3) is 0 Å².